The second kappa shape index (κ2) is 5.13. The Morgan fingerprint density at radius 1 is 1.42 bits per heavy atom. The van der Waals surface area contributed by atoms with E-state index in [0.29, 0.717) is 5.92 Å². The van der Waals surface area contributed by atoms with E-state index in [9.17, 15) is 0 Å². The molecule has 19 heavy (non-hydrogen) atoms. The third-order valence-electron chi connectivity index (χ3n) is 3.86. The summed E-state index contributed by atoms with van der Waals surface area (Å²) in [5.41, 5.74) is 8.77. The van der Waals surface area contributed by atoms with Gasteiger partial charge in [0.2, 0.25) is 0 Å². The van der Waals surface area contributed by atoms with Gasteiger partial charge in [-0.25, -0.2) is 4.98 Å². The summed E-state index contributed by atoms with van der Waals surface area (Å²) in [4.78, 5) is 4.26. The average Bonchev–Trinajstić information content (AvgIpc) is 2.88. The number of nitrogens with two attached hydrogens (primary N) is 1. The molecule has 2 N–H and O–H groups in total. The Hall–Kier alpha value is -1.68. The molecule has 0 amide bonds. The number of nitrogens with zero attached hydrogens (tertiary/aromatic N) is 3. The summed E-state index contributed by atoms with van der Waals surface area (Å²) in [6.07, 6.45) is 5.49. The summed E-state index contributed by atoms with van der Waals surface area (Å²) in [6.45, 7) is 2.81. The van der Waals surface area contributed by atoms with E-state index < -0.39 is 0 Å². The lowest BCUT2D eigenvalue weighted by atomic mass is 9.83. The van der Waals surface area contributed by atoms with Crippen LogP contribution in [0.15, 0.2) is 30.6 Å². The maximum atomic E-state index is 5.80. The van der Waals surface area contributed by atoms with Gasteiger partial charge in [-0.2, -0.15) is 5.10 Å². The molecule has 0 radical (unpaired) electrons. The highest BCUT2D eigenvalue weighted by atomic mass is 15.3. The number of hydrogen-bond acceptors (Lipinski definition) is 3. The van der Waals surface area contributed by atoms with Crippen LogP contribution in [0.2, 0.25) is 0 Å². The first-order chi connectivity index (χ1) is 9.24. The van der Waals surface area contributed by atoms with Gasteiger partial charge >= 0.3 is 0 Å². The molecular formula is C15H20N4. The van der Waals surface area contributed by atoms with E-state index in [2.05, 4.69) is 34.3 Å². The fourth-order valence-electron chi connectivity index (χ4n) is 2.88. The second-order valence-electron chi connectivity index (χ2n) is 5.40. The summed E-state index contributed by atoms with van der Waals surface area (Å²) in [6, 6.07) is 8.66. The molecule has 2 atom stereocenters. The smallest absolute Gasteiger partial charge is 0.166 e. The van der Waals surface area contributed by atoms with Gasteiger partial charge in [-0.3, -0.25) is 4.68 Å². The predicted molar refractivity (Wildman–Crippen MR) is 74.7 cm³/mol. The molecule has 0 saturated carbocycles. The van der Waals surface area contributed by atoms with Crippen molar-refractivity contribution in [2.24, 2.45) is 5.73 Å². The van der Waals surface area contributed by atoms with Gasteiger partial charge in [-0.1, -0.05) is 24.3 Å². The van der Waals surface area contributed by atoms with Crippen molar-refractivity contribution in [2.75, 3.05) is 0 Å². The molecule has 1 aromatic heterocycles. The molecule has 1 aliphatic carbocycles. The van der Waals surface area contributed by atoms with Crippen LogP contribution in [0.1, 0.15) is 48.7 Å². The lowest BCUT2D eigenvalue weighted by molar-refractivity contribution is 0.453. The molecule has 100 valence electrons. The van der Waals surface area contributed by atoms with Crippen LogP contribution in [0.4, 0.5) is 0 Å². The van der Waals surface area contributed by atoms with Gasteiger partial charge in [0, 0.05) is 12.5 Å². The predicted octanol–water partition coefficient (Wildman–Crippen LogP) is 2.42. The molecule has 3 rings (SSSR count). The lowest BCUT2D eigenvalue weighted by Gasteiger charge is -2.25. The highest BCUT2D eigenvalue weighted by molar-refractivity contribution is 5.32. The van der Waals surface area contributed by atoms with Gasteiger partial charge in [-0.05, 0) is 37.3 Å². The van der Waals surface area contributed by atoms with E-state index in [-0.39, 0.29) is 6.04 Å². The van der Waals surface area contributed by atoms with Crippen LogP contribution in [0, 0.1) is 0 Å². The van der Waals surface area contributed by atoms with Crippen LogP contribution in [0.5, 0.6) is 0 Å². The monoisotopic (exact) mass is 256 g/mol. The quantitative estimate of drug-likeness (QED) is 0.917. The zero-order chi connectivity index (χ0) is 13.2. The van der Waals surface area contributed by atoms with E-state index in [1.165, 1.54) is 30.4 Å². The first-order valence-corrected chi connectivity index (χ1v) is 6.97. The van der Waals surface area contributed by atoms with E-state index in [1.807, 2.05) is 11.6 Å². The summed E-state index contributed by atoms with van der Waals surface area (Å²) in [5.74, 6) is 1.27. The van der Waals surface area contributed by atoms with Gasteiger partial charge in [0.05, 0.1) is 6.04 Å². The van der Waals surface area contributed by atoms with Crippen molar-refractivity contribution < 1.29 is 0 Å². The first-order valence-electron chi connectivity index (χ1n) is 6.97. The van der Waals surface area contributed by atoms with Crippen LogP contribution >= 0.6 is 0 Å². The molecule has 1 aromatic carbocycles. The van der Waals surface area contributed by atoms with Crippen LogP contribution in [0.3, 0.4) is 0 Å². The SMILES string of the molecule is CC(N)c1ncn(CC2CCCc3ccccc32)n1. The standard InChI is InChI=1S/C15H20N4/c1-11(16)15-17-10-19(18-15)9-13-7-4-6-12-5-2-3-8-14(12)13/h2-3,5,8,10-11,13H,4,6-7,9,16H2,1H3. The number of fused-ring (bicyclic) bond motifs is 1. The molecule has 1 aliphatic rings. The molecule has 2 unspecified atom stereocenters. The maximum absolute atomic E-state index is 5.80. The normalized spacial score (nSPS) is 20.0. The van der Waals surface area contributed by atoms with Crippen molar-refractivity contribution in [1.29, 1.82) is 0 Å². The average molecular weight is 256 g/mol. The number of hydrogen-bond donors (Lipinski definition) is 1. The van der Waals surface area contributed by atoms with Crippen LogP contribution in [-0.4, -0.2) is 14.8 Å². The highest BCUT2D eigenvalue weighted by Crippen LogP contribution is 2.32. The minimum atomic E-state index is -0.0973. The minimum absolute atomic E-state index is 0.0973. The molecule has 1 heterocycles. The third kappa shape index (κ3) is 2.54. The zero-order valence-corrected chi connectivity index (χ0v) is 11.3. The van der Waals surface area contributed by atoms with Crippen molar-refractivity contribution >= 4 is 0 Å². The van der Waals surface area contributed by atoms with Crippen LogP contribution in [0.25, 0.3) is 0 Å². The highest BCUT2D eigenvalue weighted by Gasteiger charge is 2.20. The van der Waals surface area contributed by atoms with Gasteiger partial charge in [0.1, 0.15) is 6.33 Å². The molecule has 0 fully saturated rings. The van der Waals surface area contributed by atoms with Crippen molar-refractivity contribution in [3.63, 3.8) is 0 Å². The first kappa shape index (κ1) is 12.4. The topological polar surface area (TPSA) is 56.7 Å². The van der Waals surface area contributed by atoms with Crippen molar-refractivity contribution in [1.82, 2.24) is 14.8 Å². The van der Waals surface area contributed by atoms with E-state index in [4.69, 9.17) is 5.73 Å². The fraction of sp³-hybridized carbons (Fsp3) is 0.467. The molecule has 4 heteroatoms. The molecule has 0 saturated heterocycles. The van der Waals surface area contributed by atoms with Gasteiger partial charge in [0.15, 0.2) is 5.82 Å². The molecule has 0 bridgehead atoms. The van der Waals surface area contributed by atoms with Crippen molar-refractivity contribution in [3.05, 3.63) is 47.5 Å². The molecule has 4 nitrogen and oxygen atoms in total. The van der Waals surface area contributed by atoms with Gasteiger partial charge in [-0.15, -0.1) is 0 Å². The number of benzene rings is 1. The van der Waals surface area contributed by atoms with Gasteiger partial charge < -0.3 is 5.73 Å². The summed E-state index contributed by atoms with van der Waals surface area (Å²) < 4.78 is 1.94. The third-order valence-corrected chi connectivity index (χ3v) is 3.86. The Kier molecular flexibility index (Phi) is 3.34. The van der Waals surface area contributed by atoms with Crippen molar-refractivity contribution in [2.45, 2.75) is 44.7 Å². The van der Waals surface area contributed by atoms with E-state index in [1.54, 1.807) is 6.33 Å². The summed E-state index contributed by atoms with van der Waals surface area (Å²) >= 11 is 0. The van der Waals surface area contributed by atoms with Crippen LogP contribution < -0.4 is 5.73 Å². The number of aromatic nitrogens is 3. The molecule has 2 aromatic rings. The lowest BCUT2D eigenvalue weighted by Crippen LogP contribution is -2.16. The Labute approximate surface area is 113 Å². The number of rotatable bonds is 3. The Balaban J connectivity index is 1.80. The van der Waals surface area contributed by atoms with Gasteiger partial charge in [0.25, 0.3) is 0 Å². The molecule has 0 spiro atoms. The Bertz CT molecular complexity index is 559. The summed E-state index contributed by atoms with van der Waals surface area (Å²) in [5, 5.41) is 4.46. The minimum Gasteiger partial charge on any atom is -0.321 e. The van der Waals surface area contributed by atoms with Crippen LogP contribution in [-0.2, 0) is 13.0 Å². The van der Waals surface area contributed by atoms with E-state index in [0.717, 1.165) is 12.4 Å². The summed E-state index contributed by atoms with van der Waals surface area (Å²) in [7, 11) is 0. The zero-order valence-electron chi connectivity index (χ0n) is 11.3. The maximum Gasteiger partial charge on any atom is 0.166 e. The Morgan fingerprint density at radius 2 is 2.26 bits per heavy atom. The number of aryl methyl sites for hydroxylation is 1. The Morgan fingerprint density at radius 3 is 3.05 bits per heavy atom. The molecular weight excluding hydrogens is 236 g/mol. The van der Waals surface area contributed by atoms with E-state index >= 15 is 0 Å². The fourth-order valence-corrected chi connectivity index (χ4v) is 2.88. The van der Waals surface area contributed by atoms with Crippen molar-refractivity contribution in [3.8, 4) is 0 Å². The molecule has 0 aliphatic heterocycles. The second-order valence-corrected chi connectivity index (χ2v) is 5.40. The largest absolute Gasteiger partial charge is 0.321 e.